The Kier molecular flexibility index (Phi) is 5.33. The normalized spacial score (nSPS) is 12.2. The highest BCUT2D eigenvalue weighted by Gasteiger charge is 2.08. The van der Waals surface area contributed by atoms with Gasteiger partial charge in [-0.3, -0.25) is 0 Å². The smallest absolute Gasteiger partial charge is 0.230 e. The van der Waals surface area contributed by atoms with E-state index in [1.807, 2.05) is 0 Å². The maximum atomic E-state index is 5.25. The zero-order valence-corrected chi connectivity index (χ0v) is 13.4. The molecular weight excluding hydrogens is 282 g/mol. The van der Waals surface area contributed by atoms with Gasteiger partial charge in [0.25, 0.3) is 0 Å². The molecule has 0 aliphatic carbocycles. The highest BCUT2D eigenvalue weighted by molar-refractivity contribution is 7.80. The molecule has 2 rings (SSSR count). The van der Waals surface area contributed by atoms with Gasteiger partial charge in [0.05, 0.1) is 12.2 Å². The lowest BCUT2D eigenvalue weighted by Crippen LogP contribution is -2.30. The van der Waals surface area contributed by atoms with Gasteiger partial charge in [-0.15, -0.1) is 0 Å². The molecule has 1 aromatic carbocycles. The fourth-order valence-electron chi connectivity index (χ4n) is 2.12. The van der Waals surface area contributed by atoms with Crippen molar-refractivity contribution in [1.82, 2.24) is 10.5 Å². The maximum absolute atomic E-state index is 5.25. The number of hydrogen-bond acceptors (Lipinski definition) is 3. The molecule has 2 N–H and O–H groups in total. The standard InChI is InChI=1S/C16H21N3OS/c1-11(2)10-13-4-6-14(7-5-13)12(3)18-16(21)19-15-8-9-17-20-15/h4-9,11-12H,10H2,1-3H3,(H2,18,19,21). The summed E-state index contributed by atoms with van der Waals surface area (Å²) in [6, 6.07) is 10.5. The topological polar surface area (TPSA) is 50.1 Å². The Morgan fingerprint density at radius 3 is 2.48 bits per heavy atom. The van der Waals surface area contributed by atoms with E-state index in [9.17, 15) is 0 Å². The summed E-state index contributed by atoms with van der Waals surface area (Å²) in [5.74, 6) is 1.21. The van der Waals surface area contributed by atoms with E-state index in [2.05, 4.69) is 60.8 Å². The van der Waals surface area contributed by atoms with Crippen LogP contribution in [0.2, 0.25) is 0 Å². The van der Waals surface area contributed by atoms with Crippen LogP contribution in [0.15, 0.2) is 41.1 Å². The molecule has 0 aliphatic heterocycles. The lowest BCUT2D eigenvalue weighted by molar-refractivity contribution is 0.435. The van der Waals surface area contributed by atoms with Crippen LogP contribution in [0, 0.1) is 5.92 Å². The minimum atomic E-state index is 0.126. The van der Waals surface area contributed by atoms with E-state index in [0.717, 1.165) is 6.42 Å². The van der Waals surface area contributed by atoms with Crippen molar-refractivity contribution in [1.29, 1.82) is 0 Å². The fraction of sp³-hybridized carbons (Fsp3) is 0.375. The molecule has 4 nitrogen and oxygen atoms in total. The van der Waals surface area contributed by atoms with Crippen molar-refractivity contribution >= 4 is 23.2 Å². The van der Waals surface area contributed by atoms with Crippen LogP contribution in [0.25, 0.3) is 0 Å². The Balaban J connectivity index is 1.90. The number of nitrogens with one attached hydrogen (secondary N) is 2. The Bertz CT molecular complexity index is 564. The molecule has 21 heavy (non-hydrogen) atoms. The third kappa shape index (κ3) is 4.86. The number of anilines is 1. The number of rotatable bonds is 5. The van der Waals surface area contributed by atoms with Gasteiger partial charge in [0, 0.05) is 6.07 Å². The van der Waals surface area contributed by atoms with Gasteiger partial charge in [-0.05, 0) is 42.6 Å². The Morgan fingerprint density at radius 2 is 1.90 bits per heavy atom. The lowest BCUT2D eigenvalue weighted by Gasteiger charge is -2.17. The van der Waals surface area contributed by atoms with Crippen molar-refractivity contribution in [2.24, 2.45) is 5.92 Å². The first-order valence-corrected chi connectivity index (χ1v) is 7.52. The molecule has 0 saturated carbocycles. The Hall–Kier alpha value is -1.88. The van der Waals surface area contributed by atoms with Crippen LogP contribution in [0.3, 0.4) is 0 Å². The minimum absolute atomic E-state index is 0.126. The number of aromatic nitrogens is 1. The summed E-state index contributed by atoms with van der Waals surface area (Å²) >= 11 is 5.25. The molecule has 0 spiro atoms. The van der Waals surface area contributed by atoms with Crippen LogP contribution >= 0.6 is 12.2 Å². The number of benzene rings is 1. The van der Waals surface area contributed by atoms with Gasteiger partial charge in [0.2, 0.25) is 5.88 Å². The van der Waals surface area contributed by atoms with Crippen LogP contribution in [-0.2, 0) is 6.42 Å². The summed E-state index contributed by atoms with van der Waals surface area (Å²) in [4.78, 5) is 0. The first-order chi connectivity index (χ1) is 10.0. The molecule has 1 aromatic heterocycles. The van der Waals surface area contributed by atoms with Crippen LogP contribution in [0.1, 0.15) is 37.9 Å². The lowest BCUT2D eigenvalue weighted by atomic mass is 10.00. The largest absolute Gasteiger partial charge is 0.356 e. The summed E-state index contributed by atoms with van der Waals surface area (Å²) in [5.41, 5.74) is 2.56. The monoisotopic (exact) mass is 303 g/mol. The molecule has 1 unspecified atom stereocenters. The zero-order chi connectivity index (χ0) is 15.2. The van der Waals surface area contributed by atoms with Gasteiger partial charge in [-0.2, -0.15) is 0 Å². The van der Waals surface area contributed by atoms with Crippen LogP contribution in [-0.4, -0.2) is 10.3 Å². The second-order valence-corrected chi connectivity index (χ2v) is 5.94. The van der Waals surface area contributed by atoms with E-state index in [1.54, 1.807) is 12.3 Å². The molecule has 2 aromatic rings. The predicted octanol–water partition coefficient (Wildman–Crippen LogP) is 3.92. The van der Waals surface area contributed by atoms with Crippen molar-refractivity contribution in [3.05, 3.63) is 47.7 Å². The van der Waals surface area contributed by atoms with E-state index in [-0.39, 0.29) is 6.04 Å². The first-order valence-electron chi connectivity index (χ1n) is 7.11. The van der Waals surface area contributed by atoms with Crippen LogP contribution < -0.4 is 10.6 Å². The van der Waals surface area contributed by atoms with Gasteiger partial charge in [-0.1, -0.05) is 43.3 Å². The molecule has 0 aliphatic rings. The van der Waals surface area contributed by atoms with Crippen molar-refractivity contribution in [2.45, 2.75) is 33.2 Å². The summed E-state index contributed by atoms with van der Waals surface area (Å²) in [6.45, 7) is 6.53. The van der Waals surface area contributed by atoms with Crippen molar-refractivity contribution < 1.29 is 4.52 Å². The maximum Gasteiger partial charge on any atom is 0.230 e. The van der Waals surface area contributed by atoms with E-state index >= 15 is 0 Å². The third-order valence-corrected chi connectivity index (χ3v) is 3.37. The molecule has 112 valence electrons. The summed E-state index contributed by atoms with van der Waals surface area (Å²) in [6.07, 6.45) is 2.68. The number of thiocarbonyl (C=S) groups is 1. The third-order valence-electron chi connectivity index (χ3n) is 3.15. The second kappa shape index (κ2) is 7.22. The summed E-state index contributed by atoms with van der Waals surface area (Å²) in [7, 11) is 0. The summed E-state index contributed by atoms with van der Waals surface area (Å²) in [5, 5.41) is 10.3. The quantitative estimate of drug-likeness (QED) is 0.820. The molecular formula is C16H21N3OS. The SMILES string of the molecule is CC(C)Cc1ccc(C(C)NC(=S)Nc2ccno2)cc1. The predicted molar refractivity (Wildman–Crippen MR) is 89.3 cm³/mol. The van der Waals surface area contributed by atoms with Crippen molar-refractivity contribution in [2.75, 3.05) is 5.32 Å². The van der Waals surface area contributed by atoms with Crippen molar-refractivity contribution in [3.63, 3.8) is 0 Å². The second-order valence-electron chi connectivity index (χ2n) is 5.54. The molecule has 0 saturated heterocycles. The van der Waals surface area contributed by atoms with Gasteiger partial charge >= 0.3 is 0 Å². The van der Waals surface area contributed by atoms with Crippen LogP contribution in [0.5, 0.6) is 0 Å². The van der Waals surface area contributed by atoms with E-state index in [0.29, 0.717) is 16.9 Å². The highest BCUT2D eigenvalue weighted by atomic mass is 32.1. The van der Waals surface area contributed by atoms with Gasteiger partial charge in [0.15, 0.2) is 5.11 Å². The van der Waals surface area contributed by atoms with Crippen LogP contribution in [0.4, 0.5) is 5.88 Å². The van der Waals surface area contributed by atoms with E-state index < -0.39 is 0 Å². The number of nitrogens with zero attached hydrogens (tertiary/aromatic N) is 1. The molecule has 0 amide bonds. The van der Waals surface area contributed by atoms with Crippen molar-refractivity contribution in [3.8, 4) is 0 Å². The molecule has 5 heteroatoms. The average Bonchev–Trinajstić information content (AvgIpc) is 2.91. The van der Waals surface area contributed by atoms with Gasteiger partial charge in [0.1, 0.15) is 0 Å². The Morgan fingerprint density at radius 1 is 1.19 bits per heavy atom. The molecule has 0 fully saturated rings. The van der Waals surface area contributed by atoms with Gasteiger partial charge in [-0.25, -0.2) is 0 Å². The highest BCUT2D eigenvalue weighted by Crippen LogP contribution is 2.16. The zero-order valence-electron chi connectivity index (χ0n) is 12.6. The number of hydrogen-bond donors (Lipinski definition) is 2. The fourth-order valence-corrected chi connectivity index (χ4v) is 2.40. The molecule has 1 atom stereocenters. The van der Waals surface area contributed by atoms with E-state index in [1.165, 1.54) is 11.1 Å². The van der Waals surface area contributed by atoms with E-state index in [4.69, 9.17) is 16.7 Å². The average molecular weight is 303 g/mol. The molecule has 0 radical (unpaired) electrons. The van der Waals surface area contributed by atoms with Gasteiger partial charge < -0.3 is 15.2 Å². The molecule has 1 heterocycles. The minimum Gasteiger partial charge on any atom is -0.356 e. The Labute approximate surface area is 130 Å². The molecule has 0 bridgehead atoms. The first kappa shape index (κ1) is 15.5. The summed E-state index contributed by atoms with van der Waals surface area (Å²) < 4.78 is 4.96.